The molecule has 0 bridgehead atoms. The first-order valence-electron chi connectivity index (χ1n) is 8.38. The Kier molecular flexibility index (Phi) is 5.87. The van der Waals surface area contributed by atoms with E-state index in [1.807, 2.05) is 31.2 Å². The first kappa shape index (κ1) is 17.4. The van der Waals surface area contributed by atoms with Crippen molar-refractivity contribution < 1.29 is 4.79 Å². The minimum atomic E-state index is -0.0414. The highest BCUT2D eigenvalue weighted by atomic mass is 35.5. The lowest BCUT2D eigenvalue weighted by atomic mass is 10.1. The maximum atomic E-state index is 12.4. The summed E-state index contributed by atoms with van der Waals surface area (Å²) in [4.78, 5) is 20.1. The zero-order valence-electron chi connectivity index (χ0n) is 13.8. The number of piperidine rings is 1. The largest absolute Gasteiger partial charge is 0.350 e. The van der Waals surface area contributed by atoms with Gasteiger partial charge in [-0.3, -0.25) is 4.79 Å². The fraction of sp³-hybridized carbons (Fsp3) is 0.444. The van der Waals surface area contributed by atoms with E-state index >= 15 is 0 Å². The maximum absolute atomic E-state index is 12.4. The van der Waals surface area contributed by atoms with Crippen LogP contribution in [0.1, 0.15) is 34.6 Å². The highest BCUT2D eigenvalue weighted by Crippen LogP contribution is 2.32. The number of rotatable bonds is 5. The average molecular weight is 364 g/mol. The lowest BCUT2D eigenvalue weighted by Gasteiger charge is -2.26. The van der Waals surface area contributed by atoms with E-state index in [-0.39, 0.29) is 5.91 Å². The monoisotopic (exact) mass is 363 g/mol. The van der Waals surface area contributed by atoms with Gasteiger partial charge in [-0.15, -0.1) is 11.3 Å². The van der Waals surface area contributed by atoms with Crippen LogP contribution in [0.5, 0.6) is 0 Å². The zero-order chi connectivity index (χ0) is 16.9. The van der Waals surface area contributed by atoms with Crippen LogP contribution < -0.4 is 5.32 Å². The number of hydrogen-bond donors (Lipinski definition) is 1. The number of thiazole rings is 1. The molecule has 128 valence electrons. The van der Waals surface area contributed by atoms with Crippen LogP contribution in [0, 0.1) is 6.92 Å². The maximum Gasteiger partial charge on any atom is 0.263 e. The van der Waals surface area contributed by atoms with E-state index in [2.05, 4.69) is 15.2 Å². The summed E-state index contributed by atoms with van der Waals surface area (Å²) < 4.78 is 0. The van der Waals surface area contributed by atoms with Gasteiger partial charge in [-0.05, 0) is 38.9 Å². The molecule has 2 heterocycles. The van der Waals surface area contributed by atoms with Crippen LogP contribution in [0.25, 0.3) is 10.6 Å². The molecule has 1 N–H and O–H groups in total. The van der Waals surface area contributed by atoms with E-state index in [9.17, 15) is 4.79 Å². The number of amides is 1. The third kappa shape index (κ3) is 4.15. The summed E-state index contributed by atoms with van der Waals surface area (Å²) in [5.41, 5.74) is 1.63. The summed E-state index contributed by atoms with van der Waals surface area (Å²) in [5.74, 6) is -0.0414. The standard InChI is InChI=1S/C18H22ClN3OS/c1-13-16(17(23)20-9-12-22-10-5-2-6-11-22)24-18(21-13)14-7-3-4-8-15(14)19/h3-4,7-8H,2,5-6,9-12H2,1H3,(H,20,23). The van der Waals surface area contributed by atoms with E-state index in [1.165, 1.54) is 30.6 Å². The van der Waals surface area contributed by atoms with Gasteiger partial charge in [0.1, 0.15) is 9.88 Å². The number of aryl methyl sites for hydroxylation is 1. The number of halogens is 1. The normalized spacial score (nSPS) is 15.4. The van der Waals surface area contributed by atoms with Crippen LogP contribution in [0.2, 0.25) is 5.02 Å². The van der Waals surface area contributed by atoms with Gasteiger partial charge in [0.25, 0.3) is 5.91 Å². The van der Waals surface area contributed by atoms with Crippen molar-refractivity contribution in [3.05, 3.63) is 39.9 Å². The number of hydrogen-bond acceptors (Lipinski definition) is 4. The Morgan fingerprint density at radius 2 is 2.04 bits per heavy atom. The second-order valence-electron chi connectivity index (χ2n) is 6.07. The molecule has 0 spiro atoms. The number of carbonyl (C=O) groups excluding carboxylic acids is 1. The van der Waals surface area contributed by atoms with Gasteiger partial charge < -0.3 is 10.2 Å². The molecule has 2 aromatic rings. The van der Waals surface area contributed by atoms with E-state index < -0.39 is 0 Å². The molecule has 1 saturated heterocycles. The van der Waals surface area contributed by atoms with E-state index in [0.29, 0.717) is 16.4 Å². The Hall–Kier alpha value is -1.43. The molecule has 0 saturated carbocycles. The molecule has 0 unspecified atom stereocenters. The van der Waals surface area contributed by atoms with Crippen LogP contribution in [0.3, 0.4) is 0 Å². The second kappa shape index (κ2) is 8.10. The molecule has 1 aliphatic heterocycles. The van der Waals surface area contributed by atoms with Gasteiger partial charge in [-0.1, -0.05) is 36.2 Å². The Labute approximate surface area is 151 Å². The minimum absolute atomic E-state index is 0.0414. The number of carbonyl (C=O) groups is 1. The van der Waals surface area contributed by atoms with Crippen molar-refractivity contribution in [1.29, 1.82) is 0 Å². The number of aromatic nitrogens is 1. The third-order valence-electron chi connectivity index (χ3n) is 4.27. The van der Waals surface area contributed by atoms with Crippen molar-refractivity contribution in [2.45, 2.75) is 26.2 Å². The van der Waals surface area contributed by atoms with Gasteiger partial charge in [0.2, 0.25) is 0 Å². The molecule has 1 amide bonds. The van der Waals surface area contributed by atoms with E-state index in [1.54, 1.807) is 0 Å². The number of nitrogens with one attached hydrogen (secondary N) is 1. The molecule has 0 radical (unpaired) electrons. The van der Waals surface area contributed by atoms with Crippen molar-refractivity contribution in [3.63, 3.8) is 0 Å². The first-order valence-corrected chi connectivity index (χ1v) is 9.57. The smallest absolute Gasteiger partial charge is 0.263 e. The van der Waals surface area contributed by atoms with Crippen molar-refractivity contribution >= 4 is 28.8 Å². The molecule has 0 aliphatic carbocycles. The Morgan fingerprint density at radius 1 is 1.29 bits per heavy atom. The highest BCUT2D eigenvalue weighted by molar-refractivity contribution is 7.17. The van der Waals surface area contributed by atoms with Crippen molar-refractivity contribution in [2.75, 3.05) is 26.2 Å². The van der Waals surface area contributed by atoms with Gasteiger partial charge in [0.05, 0.1) is 10.7 Å². The van der Waals surface area contributed by atoms with Gasteiger partial charge in [-0.25, -0.2) is 4.98 Å². The van der Waals surface area contributed by atoms with Gasteiger partial charge in [-0.2, -0.15) is 0 Å². The summed E-state index contributed by atoms with van der Waals surface area (Å²) in [5, 5.41) is 4.47. The summed E-state index contributed by atoms with van der Waals surface area (Å²) in [6, 6.07) is 7.58. The number of likely N-dealkylation sites (tertiary alicyclic amines) is 1. The molecule has 24 heavy (non-hydrogen) atoms. The lowest BCUT2D eigenvalue weighted by molar-refractivity contribution is 0.0950. The zero-order valence-corrected chi connectivity index (χ0v) is 15.4. The van der Waals surface area contributed by atoms with Crippen LogP contribution in [0.4, 0.5) is 0 Å². The molecule has 1 fully saturated rings. The van der Waals surface area contributed by atoms with Crippen LogP contribution in [0.15, 0.2) is 24.3 Å². The second-order valence-corrected chi connectivity index (χ2v) is 7.48. The molecule has 1 aliphatic rings. The van der Waals surface area contributed by atoms with E-state index in [0.717, 1.165) is 35.9 Å². The molecular formula is C18H22ClN3OS. The van der Waals surface area contributed by atoms with Crippen LogP contribution in [-0.2, 0) is 0 Å². The first-order chi connectivity index (χ1) is 11.6. The Bertz CT molecular complexity index is 710. The van der Waals surface area contributed by atoms with Gasteiger partial charge in [0.15, 0.2) is 0 Å². The predicted octanol–water partition coefficient (Wildman–Crippen LogP) is 3.99. The fourth-order valence-corrected chi connectivity index (χ4v) is 4.25. The Morgan fingerprint density at radius 3 is 2.79 bits per heavy atom. The van der Waals surface area contributed by atoms with Crippen LogP contribution >= 0.6 is 22.9 Å². The minimum Gasteiger partial charge on any atom is -0.350 e. The SMILES string of the molecule is Cc1nc(-c2ccccc2Cl)sc1C(=O)NCCN1CCCCC1. The molecular weight excluding hydrogens is 342 g/mol. The third-order valence-corrected chi connectivity index (χ3v) is 5.79. The number of benzene rings is 1. The van der Waals surface area contributed by atoms with Crippen molar-refractivity contribution in [1.82, 2.24) is 15.2 Å². The van der Waals surface area contributed by atoms with Crippen molar-refractivity contribution in [3.8, 4) is 10.6 Å². The summed E-state index contributed by atoms with van der Waals surface area (Å²) in [7, 11) is 0. The molecule has 1 aromatic carbocycles. The van der Waals surface area contributed by atoms with Gasteiger partial charge >= 0.3 is 0 Å². The quantitative estimate of drug-likeness (QED) is 0.873. The van der Waals surface area contributed by atoms with Crippen molar-refractivity contribution in [2.24, 2.45) is 0 Å². The topological polar surface area (TPSA) is 45.2 Å². The summed E-state index contributed by atoms with van der Waals surface area (Å²) in [6.45, 7) is 5.76. The predicted molar refractivity (Wildman–Crippen MR) is 99.9 cm³/mol. The average Bonchev–Trinajstić information content (AvgIpc) is 2.98. The highest BCUT2D eigenvalue weighted by Gasteiger charge is 2.17. The van der Waals surface area contributed by atoms with Gasteiger partial charge in [0, 0.05) is 18.7 Å². The molecule has 6 heteroatoms. The lowest BCUT2D eigenvalue weighted by Crippen LogP contribution is -2.37. The fourth-order valence-electron chi connectivity index (χ4n) is 2.95. The number of nitrogens with zero attached hydrogens (tertiary/aromatic N) is 2. The van der Waals surface area contributed by atoms with E-state index in [4.69, 9.17) is 11.6 Å². The summed E-state index contributed by atoms with van der Waals surface area (Å²) >= 11 is 7.63. The summed E-state index contributed by atoms with van der Waals surface area (Å²) in [6.07, 6.45) is 3.86. The molecule has 3 rings (SSSR count). The molecule has 4 nitrogen and oxygen atoms in total. The Balaban J connectivity index is 1.62. The van der Waals surface area contributed by atoms with Crippen LogP contribution in [-0.4, -0.2) is 42.0 Å². The molecule has 0 atom stereocenters. The molecule has 1 aromatic heterocycles.